The molecular weight excluding hydrogens is 266 g/mol. The fourth-order valence-electron chi connectivity index (χ4n) is 1.76. The third kappa shape index (κ3) is 3.09. The van der Waals surface area contributed by atoms with E-state index in [4.69, 9.17) is 0 Å². The average Bonchev–Trinajstić information content (AvgIpc) is 2.41. The Morgan fingerprint density at radius 1 is 1.15 bits per heavy atom. The van der Waals surface area contributed by atoms with E-state index in [1.54, 1.807) is 13.0 Å². The van der Waals surface area contributed by atoms with Crippen LogP contribution in [-0.4, -0.2) is 4.92 Å². The van der Waals surface area contributed by atoms with Crippen molar-refractivity contribution in [2.45, 2.75) is 13.5 Å². The second-order valence-corrected chi connectivity index (χ2v) is 4.36. The van der Waals surface area contributed by atoms with Crippen molar-refractivity contribution in [3.63, 3.8) is 0 Å². The van der Waals surface area contributed by atoms with Crippen molar-refractivity contribution in [2.75, 3.05) is 5.32 Å². The predicted molar refractivity (Wildman–Crippen MR) is 71.5 cm³/mol. The summed E-state index contributed by atoms with van der Waals surface area (Å²) in [5, 5.41) is 13.7. The first-order valence-electron chi connectivity index (χ1n) is 5.90. The number of aryl methyl sites for hydroxylation is 1. The quantitative estimate of drug-likeness (QED) is 0.683. The maximum Gasteiger partial charge on any atom is 0.271 e. The molecule has 0 aromatic heterocycles. The second kappa shape index (κ2) is 5.64. The fraction of sp³-hybridized carbons (Fsp3) is 0.143. The van der Waals surface area contributed by atoms with E-state index < -0.39 is 16.6 Å². The summed E-state index contributed by atoms with van der Waals surface area (Å²) in [7, 11) is 0. The zero-order valence-corrected chi connectivity index (χ0v) is 10.7. The lowest BCUT2D eigenvalue weighted by Crippen LogP contribution is -2.02. The van der Waals surface area contributed by atoms with E-state index in [-0.39, 0.29) is 12.2 Å². The molecule has 2 aromatic carbocycles. The Hall–Kier alpha value is -2.50. The number of nitro benzene ring substituents is 1. The Labute approximate surface area is 114 Å². The van der Waals surface area contributed by atoms with Crippen molar-refractivity contribution in [1.82, 2.24) is 0 Å². The van der Waals surface area contributed by atoms with Gasteiger partial charge in [-0.2, -0.15) is 0 Å². The maximum absolute atomic E-state index is 13.1. The number of hydrogen-bond donors (Lipinski definition) is 1. The summed E-state index contributed by atoms with van der Waals surface area (Å²) >= 11 is 0. The molecule has 0 unspecified atom stereocenters. The van der Waals surface area contributed by atoms with E-state index in [1.807, 2.05) is 0 Å². The zero-order valence-electron chi connectivity index (χ0n) is 10.7. The Bertz CT molecular complexity index is 660. The topological polar surface area (TPSA) is 55.2 Å². The highest BCUT2D eigenvalue weighted by Crippen LogP contribution is 2.22. The Balaban J connectivity index is 2.15. The van der Waals surface area contributed by atoms with Crippen LogP contribution in [0.5, 0.6) is 0 Å². The molecule has 104 valence electrons. The Kier molecular flexibility index (Phi) is 3.93. The van der Waals surface area contributed by atoms with Crippen molar-refractivity contribution >= 4 is 11.4 Å². The highest BCUT2D eigenvalue weighted by Gasteiger charge is 2.09. The van der Waals surface area contributed by atoms with Crippen molar-refractivity contribution in [2.24, 2.45) is 0 Å². The summed E-state index contributed by atoms with van der Waals surface area (Å²) in [6.45, 7) is 2.05. The summed E-state index contributed by atoms with van der Waals surface area (Å²) in [6.07, 6.45) is 0. The molecule has 0 bridgehead atoms. The number of anilines is 1. The van der Waals surface area contributed by atoms with Crippen LogP contribution < -0.4 is 5.32 Å². The molecule has 0 fully saturated rings. The van der Waals surface area contributed by atoms with Crippen molar-refractivity contribution < 1.29 is 13.7 Å². The van der Waals surface area contributed by atoms with Crippen LogP contribution in [0.2, 0.25) is 0 Å². The van der Waals surface area contributed by atoms with E-state index in [1.165, 1.54) is 18.2 Å². The van der Waals surface area contributed by atoms with Gasteiger partial charge < -0.3 is 5.32 Å². The highest BCUT2D eigenvalue weighted by molar-refractivity contribution is 5.56. The van der Waals surface area contributed by atoms with Crippen molar-refractivity contribution in [1.29, 1.82) is 0 Å². The first-order chi connectivity index (χ1) is 9.47. The molecule has 0 amide bonds. The molecule has 0 saturated heterocycles. The van der Waals surface area contributed by atoms with Crippen LogP contribution in [0, 0.1) is 28.7 Å². The molecule has 2 aromatic rings. The van der Waals surface area contributed by atoms with Crippen LogP contribution in [0.15, 0.2) is 36.4 Å². The van der Waals surface area contributed by atoms with Crippen LogP contribution in [-0.2, 0) is 6.54 Å². The Morgan fingerprint density at radius 2 is 1.90 bits per heavy atom. The molecule has 0 heterocycles. The number of non-ortho nitro benzene ring substituents is 1. The zero-order chi connectivity index (χ0) is 14.7. The molecule has 0 radical (unpaired) electrons. The molecule has 2 rings (SSSR count). The minimum atomic E-state index is -0.917. The van der Waals surface area contributed by atoms with Gasteiger partial charge in [-0.1, -0.05) is 12.1 Å². The number of halogens is 2. The average molecular weight is 278 g/mol. The predicted octanol–water partition coefficient (Wildman–Crippen LogP) is 3.79. The van der Waals surface area contributed by atoms with Crippen LogP contribution in [0.25, 0.3) is 0 Å². The van der Waals surface area contributed by atoms with E-state index in [0.717, 1.165) is 17.7 Å². The van der Waals surface area contributed by atoms with Crippen LogP contribution in [0.4, 0.5) is 20.2 Å². The van der Waals surface area contributed by atoms with Crippen molar-refractivity contribution in [3.8, 4) is 0 Å². The summed E-state index contributed by atoms with van der Waals surface area (Å²) in [5.41, 5.74) is 1.94. The highest BCUT2D eigenvalue weighted by atomic mass is 19.2. The minimum absolute atomic E-state index is 0.0246. The van der Waals surface area contributed by atoms with Gasteiger partial charge in [0, 0.05) is 24.4 Å². The Morgan fingerprint density at radius 3 is 2.55 bits per heavy atom. The number of benzene rings is 2. The lowest BCUT2D eigenvalue weighted by Gasteiger charge is -2.09. The normalized spacial score (nSPS) is 10.3. The number of nitro groups is 1. The van der Waals surface area contributed by atoms with Crippen LogP contribution >= 0.6 is 0 Å². The molecule has 4 nitrogen and oxygen atoms in total. The van der Waals surface area contributed by atoms with Gasteiger partial charge in [0.1, 0.15) is 0 Å². The van der Waals surface area contributed by atoms with Crippen LogP contribution in [0.3, 0.4) is 0 Å². The number of hydrogen-bond acceptors (Lipinski definition) is 3. The monoisotopic (exact) mass is 278 g/mol. The number of nitrogens with zero attached hydrogens (tertiary/aromatic N) is 1. The van der Waals surface area contributed by atoms with Gasteiger partial charge >= 0.3 is 0 Å². The van der Waals surface area contributed by atoms with E-state index >= 15 is 0 Å². The third-order valence-corrected chi connectivity index (χ3v) is 2.90. The number of rotatable bonds is 4. The molecule has 0 atom stereocenters. The van der Waals surface area contributed by atoms with Gasteiger partial charge in [-0.3, -0.25) is 10.1 Å². The molecule has 1 N–H and O–H groups in total. The fourth-order valence-corrected chi connectivity index (χ4v) is 1.76. The summed E-state index contributed by atoms with van der Waals surface area (Å²) in [5.74, 6) is -1.82. The van der Waals surface area contributed by atoms with Gasteiger partial charge in [0.25, 0.3) is 5.69 Å². The molecule has 0 aliphatic heterocycles. The molecule has 6 heteroatoms. The van der Waals surface area contributed by atoms with Gasteiger partial charge in [0.2, 0.25) is 0 Å². The van der Waals surface area contributed by atoms with Gasteiger partial charge in [0.05, 0.1) is 4.92 Å². The summed E-state index contributed by atoms with van der Waals surface area (Å²) in [6, 6.07) is 8.05. The van der Waals surface area contributed by atoms with Gasteiger partial charge in [0.15, 0.2) is 11.6 Å². The van der Waals surface area contributed by atoms with Crippen molar-refractivity contribution in [3.05, 3.63) is 69.3 Å². The van der Waals surface area contributed by atoms with E-state index in [9.17, 15) is 18.9 Å². The lowest BCUT2D eigenvalue weighted by atomic mass is 10.1. The first kappa shape index (κ1) is 13.9. The first-order valence-corrected chi connectivity index (χ1v) is 5.90. The van der Waals surface area contributed by atoms with Gasteiger partial charge in [-0.15, -0.1) is 0 Å². The second-order valence-electron chi connectivity index (χ2n) is 4.36. The maximum atomic E-state index is 13.1. The van der Waals surface area contributed by atoms with Gasteiger partial charge in [-0.05, 0) is 30.2 Å². The molecule has 0 saturated carbocycles. The largest absolute Gasteiger partial charge is 0.381 e. The van der Waals surface area contributed by atoms with E-state index in [0.29, 0.717) is 11.3 Å². The molecule has 0 spiro atoms. The summed E-state index contributed by atoms with van der Waals surface area (Å²) in [4.78, 5) is 10.2. The van der Waals surface area contributed by atoms with Gasteiger partial charge in [-0.25, -0.2) is 8.78 Å². The molecule has 20 heavy (non-hydrogen) atoms. The minimum Gasteiger partial charge on any atom is -0.381 e. The summed E-state index contributed by atoms with van der Waals surface area (Å²) < 4.78 is 25.9. The standard InChI is InChI=1S/C14H12F2N2O2/c1-9-2-4-11(18(19)20)7-14(9)17-8-10-3-5-12(15)13(16)6-10/h2-7,17H,8H2,1H3. The lowest BCUT2D eigenvalue weighted by molar-refractivity contribution is -0.384. The number of nitrogens with one attached hydrogen (secondary N) is 1. The molecule has 0 aliphatic rings. The van der Waals surface area contributed by atoms with Crippen LogP contribution in [0.1, 0.15) is 11.1 Å². The smallest absolute Gasteiger partial charge is 0.271 e. The third-order valence-electron chi connectivity index (χ3n) is 2.90. The SMILES string of the molecule is Cc1ccc([N+](=O)[O-])cc1NCc1ccc(F)c(F)c1. The molecular formula is C14H12F2N2O2. The van der Waals surface area contributed by atoms with E-state index in [2.05, 4.69) is 5.32 Å². The molecule has 0 aliphatic carbocycles.